The van der Waals surface area contributed by atoms with Crippen molar-refractivity contribution in [1.82, 2.24) is 0 Å². The molecule has 94 valence electrons. The van der Waals surface area contributed by atoms with E-state index in [9.17, 15) is 13.6 Å². The molecular formula is C14H18F2O. The first-order chi connectivity index (χ1) is 8.15. The SMILES string of the molecule is CCCCCCc1ccc(C(=O)C(F)F)cc1. The summed E-state index contributed by atoms with van der Waals surface area (Å²) in [6.07, 6.45) is 2.75. The van der Waals surface area contributed by atoms with Gasteiger partial charge in [0.05, 0.1) is 0 Å². The van der Waals surface area contributed by atoms with E-state index < -0.39 is 12.2 Å². The maximum absolute atomic E-state index is 12.2. The molecule has 0 heterocycles. The van der Waals surface area contributed by atoms with Crippen LogP contribution in [0.3, 0.4) is 0 Å². The molecule has 1 aromatic rings. The molecule has 0 fully saturated rings. The summed E-state index contributed by atoms with van der Waals surface area (Å²) in [5.41, 5.74) is 1.20. The van der Waals surface area contributed by atoms with Gasteiger partial charge in [-0.15, -0.1) is 0 Å². The van der Waals surface area contributed by atoms with Crippen LogP contribution in [-0.2, 0) is 6.42 Å². The number of ketones is 1. The molecule has 17 heavy (non-hydrogen) atoms. The number of rotatable bonds is 7. The minimum atomic E-state index is -2.91. The third-order valence-electron chi connectivity index (χ3n) is 2.76. The zero-order valence-electron chi connectivity index (χ0n) is 10.1. The molecule has 0 saturated heterocycles. The van der Waals surface area contributed by atoms with Crippen LogP contribution in [0.15, 0.2) is 24.3 Å². The molecule has 0 atom stereocenters. The lowest BCUT2D eigenvalue weighted by molar-refractivity contribution is 0.0679. The number of Topliss-reactive ketones (excluding diaryl/α,β-unsaturated/α-hetero) is 1. The first kappa shape index (κ1) is 13.8. The molecule has 0 spiro atoms. The molecule has 0 bridgehead atoms. The van der Waals surface area contributed by atoms with E-state index in [2.05, 4.69) is 6.92 Å². The maximum atomic E-state index is 12.2. The minimum Gasteiger partial charge on any atom is -0.288 e. The van der Waals surface area contributed by atoms with Gasteiger partial charge >= 0.3 is 6.43 Å². The second kappa shape index (κ2) is 7.15. The summed E-state index contributed by atoms with van der Waals surface area (Å²) in [6.45, 7) is 2.16. The number of halogens is 2. The quantitative estimate of drug-likeness (QED) is 0.514. The van der Waals surface area contributed by atoms with E-state index >= 15 is 0 Å². The Morgan fingerprint density at radius 2 is 1.76 bits per heavy atom. The van der Waals surface area contributed by atoms with Crippen LogP contribution in [-0.4, -0.2) is 12.2 Å². The molecule has 0 unspecified atom stereocenters. The lowest BCUT2D eigenvalue weighted by Crippen LogP contribution is -2.09. The van der Waals surface area contributed by atoms with E-state index in [-0.39, 0.29) is 5.56 Å². The van der Waals surface area contributed by atoms with Crippen molar-refractivity contribution in [3.63, 3.8) is 0 Å². The second-order valence-electron chi connectivity index (χ2n) is 4.17. The third-order valence-corrected chi connectivity index (χ3v) is 2.76. The fraction of sp³-hybridized carbons (Fsp3) is 0.500. The first-order valence-electron chi connectivity index (χ1n) is 6.06. The van der Waals surface area contributed by atoms with Gasteiger partial charge < -0.3 is 0 Å². The van der Waals surface area contributed by atoms with Crippen molar-refractivity contribution in [3.05, 3.63) is 35.4 Å². The van der Waals surface area contributed by atoms with Gasteiger partial charge in [0.1, 0.15) is 0 Å². The maximum Gasteiger partial charge on any atom is 0.300 e. The van der Waals surface area contributed by atoms with Gasteiger partial charge in [-0.25, -0.2) is 8.78 Å². The van der Waals surface area contributed by atoms with Gasteiger partial charge in [-0.1, -0.05) is 50.5 Å². The second-order valence-corrected chi connectivity index (χ2v) is 4.17. The lowest BCUT2D eigenvalue weighted by atomic mass is 10.0. The van der Waals surface area contributed by atoms with E-state index in [1.165, 1.54) is 31.4 Å². The fourth-order valence-electron chi connectivity index (χ4n) is 1.72. The Morgan fingerprint density at radius 3 is 2.29 bits per heavy atom. The van der Waals surface area contributed by atoms with E-state index in [0.29, 0.717) is 0 Å². The molecule has 1 nitrogen and oxygen atoms in total. The average Bonchev–Trinajstić information content (AvgIpc) is 2.34. The molecule has 0 aliphatic heterocycles. The van der Waals surface area contributed by atoms with Crippen LogP contribution in [0.25, 0.3) is 0 Å². The number of carbonyl (C=O) groups is 1. The number of hydrogen-bond donors (Lipinski definition) is 0. The highest BCUT2D eigenvalue weighted by molar-refractivity contribution is 5.98. The summed E-state index contributed by atoms with van der Waals surface area (Å²) in [4.78, 5) is 11.0. The van der Waals surface area contributed by atoms with Gasteiger partial charge in [0.2, 0.25) is 5.78 Å². The van der Waals surface area contributed by atoms with Gasteiger partial charge in [0.15, 0.2) is 0 Å². The molecule has 0 saturated carbocycles. The highest BCUT2D eigenvalue weighted by Gasteiger charge is 2.16. The first-order valence-corrected chi connectivity index (χ1v) is 6.06. The van der Waals surface area contributed by atoms with E-state index in [4.69, 9.17) is 0 Å². The molecule has 1 aromatic carbocycles. The van der Waals surface area contributed by atoms with E-state index in [1.54, 1.807) is 12.1 Å². The summed E-state index contributed by atoms with van der Waals surface area (Å²) < 4.78 is 24.3. The molecule has 0 aromatic heterocycles. The Kier molecular flexibility index (Phi) is 5.81. The van der Waals surface area contributed by atoms with Crippen molar-refractivity contribution in [2.75, 3.05) is 0 Å². The molecule has 0 N–H and O–H groups in total. The number of aryl methyl sites for hydroxylation is 1. The smallest absolute Gasteiger partial charge is 0.288 e. The highest BCUT2D eigenvalue weighted by atomic mass is 19.3. The third kappa shape index (κ3) is 4.63. The average molecular weight is 240 g/mol. The highest BCUT2D eigenvalue weighted by Crippen LogP contribution is 2.12. The Morgan fingerprint density at radius 1 is 1.12 bits per heavy atom. The normalized spacial score (nSPS) is 10.8. The Hall–Kier alpha value is -1.25. The summed E-state index contributed by atoms with van der Waals surface area (Å²) in [5.74, 6) is -1.09. The monoisotopic (exact) mass is 240 g/mol. The van der Waals surface area contributed by atoms with Gasteiger partial charge in [0.25, 0.3) is 0 Å². The molecule has 0 aliphatic carbocycles. The number of hydrogen-bond acceptors (Lipinski definition) is 1. The van der Waals surface area contributed by atoms with Crippen LogP contribution in [0.5, 0.6) is 0 Å². The van der Waals surface area contributed by atoms with E-state index in [0.717, 1.165) is 18.4 Å². The number of benzene rings is 1. The van der Waals surface area contributed by atoms with Gasteiger partial charge in [-0.2, -0.15) is 0 Å². The number of unbranched alkanes of at least 4 members (excludes halogenated alkanes) is 3. The molecule has 0 amide bonds. The Bertz CT molecular complexity index is 344. The van der Waals surface area contributed by atoms with Crippen molar-refractivity contribution < 1.29 is 13.6 Å². The van der Waals surface area contributed by atoms with Crippen LogP contribution < -0.4 is 0 Å². The largest absolute Gasteiger partial charge is 0.300 e. The molecule has 0 radical (unpaired) electrons. The Balaban J connectivity index is 2.47. The zero-order valence-corrected chi connectivity index (χ0v) is 10.1. The van der Waals surface area contributed by atoms with Crippen molar-refractivity contribution >= 4 is 5.78 Å². The van der Waals surface area contributed by atoms with Crippen molar-refractivity contribution in [2.45, 2.75) is 45.5 Å². The lowest BCUT2D eigenvalue weighted by Gasteiger charge is -2.03. The topological polar surface area (TPSA) is 17.1 Å². The van der Waals surface area contributed by atoms with Crippen LogP contribution in [0.4, 0.5) is 8.78 Å². The standard InChI is InChI=1S/C14H18F2O/c1-2-3-4-5-6-11-7-9-12(10-8-11)13(17)14(15)16/h7-10,14H,2-6H2,1H3. The van der Waals surface area contributed by atoms with E-state index in [1.807, 2.05) is 0 Å². The zero-order chi connectivity index (χ0) is 12.7. The van der Waals surface area contributed by atoms with Crippen LogP contribution >= 0.6 is 0 Å². The van der Waals surface area contributed by atoms with Crippen molar-refractivity contribution in [1.29, 1.82) is 0 Å². The molecule has 0 aliphatic rings. The summed E-state index contributed by atoms with van der Waals surface area (Å²) >= 11 is 0. The number of carbonyl (C=O) groups excluding carboxylic acids is 1. The molecule has 3 heteroatoms. The summed E-state index contributed by atoms with van der Waals surface area (Å²) in [7, 11) is 0. The van der Waals surface area contributed by atoms with Gasteiger partial charge in [-0.3, -0.25) is 4.79 Å². The van der Waals surface area contributed by atoms with Crippen LogP contribution in [0.1, 0.15) is 48.5 Å². The summed E-state index contributed by atoms with van der Waals surface area (Å²) in [5, 5.41) is 0. The molecule has 1 rings (SSSR count). The van der Waals surface area contributed by atoms with Crippen LogP contribution in [0.2, 0.25) is 0 Å². The predicted molar refractivity (Wildman–Crippen MR) is 64.6 cm³/mol. The minimum absolute atomic E-state index is 0.0947. The van der Waals surface area contributed by atoms with Crippen molar-refractivity contribution in [3.8, 4) is 0 Å². The Labute approximate surface area is 101 Å². The fourth-order valence-corrected chi connectivity index (χ4v) is 1.72. The van der Waals surface area contributed by atoms with Gasteiger partial charge in [-0.05, 0) is 18.4 Å². The van der Waals surface area contributed by atoms with Crippen molar-refractivity contribution in [2.24, 2.45) is 0 Å². The van der Waals surface area contributed by atoms with Gasteiger partial charge in [0, 0.05) is 5.56 Å². The predicted octanol–water partition coefficient (Wildman–Crippen LogP) is 4.26. The van der Waals surface area contributed by atoms with Crippen LogP contribution in [0, 0.1) is 0 Å². The summed E-state index contributed by atoms with van der Waals surface area (Å²) in [6, 6.07) is 6.51. The number of alkyl halides is 2. The molecular weight excluding hydrogens is 222 g/mol.